The number of rotatable bonds is 7. The van der Waals surface area contributed by atoms with Crippen molar-refractivity contribution in [1.29, 1.82) is 0 Å². The molecule has 0 fully saturated rings. The Labute approximate surface area is 119 Å². The number of benzene rings is 1. The summed E-state index contributed by atoms with van der Waals surface area (Å²) in [6.07, 6.45) is 1.19. The van der Waals surface area contributed by atoms with E-state index >= 15 is 0 Å². The maximum atomic E-state index is 5.26. The monoisotopic (exact) mass is 314 g/mol. The van der Waals surface area contributed by atoms with E-state index < -0.39 is 0 Å². The third kappa shape index (κ3) is 5.38. The summed E-state index contributed by atoms with van der Waals surface area (Å²) in [4.78, 5) is 4.55. The Bertz CT molecular complexity index is 369. The highest BCUT2D eigenvalue weighted by Crippen LogP contribution is 2.23. The maximum Gasteiger partial charge on any atom is 0.119 e. The van der Waals surface area contributed by atoms with Crippen molar-refractivity contribution in [3.05, 3.63) is 28.2 Å². The lowest BCUT2D eigenvalue weighted by Crippen LogP contribution is -2.23. The van der Waals surface area contributed by atoms with Crippen molar-refractivity contribution >= 4 is 15.9 Å². The zero-order valence-corrected chi connectivity index (χ0v) is 13.3. The minimum atomic E-state index is 0.912. The summed E-state index contributed by atoms with van der Waals surface area (Å²) in [5.41, 5.74) is 1.27. The van der Waals surface area contributed by atoms with Crippen LogP contribution in [0.25, 0.3) is 0 Å². The molecule has 3 nitrogen and oxygen atoms in total. The summed E-state index contributed by atoms with van der Waals surface area (Å²) in [6.45, 7) is 3.16. The third-order valence-corrected chi connectivity index (χ3v) is 3.61. The van der Waals surface area contributed by atoms with Gasteiger partial charge in [0.05, 0.1) is 7.11 Å². The van der Waals surface area contributed by atoms with E-state index in [2.05, 4.69) is 52.9 Å². The smallest absolute Gasteiger partial charge is 0.119 e. The van der Waals surface area contributed by atoms with Crippen molar-refractivity contribution < 1.29 is 4.74 Å². The van der Waals surface area contributed by atoms with Crippen molar-refractivity contribution in [2.45, 2.75) is 13.0 Å². The largest absolute Gasteiger partial charge is 0.497 e. The van der Waals surface area contributed by atoms with Crippen LogP contribution < -0.4 is 4.74 Å². The molecular weight excluding hydrogens is 292 g/mol. The van der Waals surface area contributed by atoms with Crippen LogP contribution in [0.15, 0.2) is 22.7 Å². The van der Waals surface area contributed by atoms with Gasteiger partial charge in [0, 0.05) is 11.0 Å². The Hall–Kier alpha value is -0.580. The second kappa shape index (κ2) is 7.77. The minimum absolute atomic E-state index is 0.912. The Morgan fingerprint density at radius 1 is 1.17 bits per heavy atom. The summed E-state index contributed by atoms with van der Waals surface area (Å²) < 4.78 is 6.40. The molecule has 0 saturated heterocycles. The van der Waals surface area contributed by atoms with E-state index in [-0.39, 0.29) is 0 Å². The lowest BCUT2D eigenvalue weighted by atomic mass is 10.2. The van der Waals surface area contributed by atoms with Crippen LogP contribution in [0.2, 0.25) is 0 Å². The Kier molecular flexibility index (Phi) is 6.68. The van der Waals surface area contributed by atoms with Crippen LogP contribution in [0.3, 0.4) is 0 Å². The van der Waals surface area contributed by atoms with Gasteiger partial charge in [0.2, 0.25) is 0 Å². The van der Waals surface area contributed by atoms with Crippen LogP contribution in [-0.4, -0.2) is 51.1 Å². The van der Waals surface area contributed by atoms with Gasteiger partial charge in [-0.05, 0) is 64.4 Å². The maximum absolute atomic E-state index is 5.26. The van der Waals surface area contributed by atoms with Crippen LogP contribution >= 0.6 is 15.9 Å². The topological polar surface area (TPSA) is 15.7 Å². The zero-order valence-electron chi connectivity index (χ0n) is 11.7. The van der Waals surface area contributed by atoms with Gasteiger partial charge in [0.1, 0.15) is 5.75 Å². The molecule has 0 aliphatic rings. The highest BCUT2D eigenvalue weighted by atomic mass is 79.9. The number of halogens is 1. The van der Waals surface area contributed by atoms with E-state index in [1.807, 2.05) is 12.1 Å². The molecule has 0 unspecified atom stereocenters. The number of nitrogens with zero attached hydrogens (tertiary/aromatic N) is 2. The number of ether oxygens (including phenoxy) is 1. The molecular formula is C14H23BrN2O. The van der Waals surface area contributed by atoms with Crippen molar-refractivity contribution in [3.63, 3.8) is 0 Å². The molecule has 0 heterocycles. The first-order valence-corrected chi connectivity index (χ1v) is 6.98. The van der Waals surface area contributed by atoms with Gasteiger partial charge < -0.3 is 14.5 Å². The molecule has 0 aliphatic carbocycles. The average molecular weight is 315 g/mol. The van der Waals surface area contributed by atoms with Gasteiger partial charge in [-0.2, -0.15) is 0 Å². The minimum Gasteiger partial charge on any atom is -0.497 e. The molecule has 0 bridgehead atoms. The zero-order chi connectivity index (χ0) is 13.5. The predicted molar refractivity (Wildman–Crippen MR) is 80.2 cm³/mol. The second-order valence-electron chi connectivity index (χ2n) is 4.85. The van der Waals surface area contributed by atoms with E-state index in [1.54, 1.807) is 7.11 Å². The molecule has 0 aliphatic heterocycles. The van der Waals surface area contributed by atoms with Gasteiger partial charge in [0.25, 0.3) is 0 Å². The van der Waals surface area contributed by atoms with Crippen LogP contribution in [-0.2, 0) is 6.54 Å². The van der Waals surface area contributed by atoms with Gasteiger partial charge in [-0.25, -0.2) is 0 Å². The van der Waals surface area contributed by atoms with Gasteiger partial charge in [-0.15, -0.1) is 0 Å². The van der Waals surface area contributed by atoms with Crippen LogP contribution in [0, 0.1) is 0 Å². The highest BCUT2D eigenvalue weighted by molar-refractivity contribution is 9.10. The summed E-state index contributed by atoms with van der Waals surface area (Å²) in [5.74, 6) is 0.912. The summed E-state index contributed by atoms with van der Waals surface area (Å²) in [6, 6.07) is 6.11. The fourth-order valence-electron chi connectivity index (χ4n) is 1.83. The fraction of sp³-hybridized carbons (Fsp3) is 0.571. The molecule has 1 aromatic carbocycles. The number of hydrogen-bond acceptors (Lipinski definition) is 3. The molecule has 0 amide bonds. The molecule has 102 valence electrons. The lowest BCUT2D eigenvalue weighted by molar-refractivity contribution is 0.294. The summed E-state index contributed by atoms with van der Waals surface area (Å²) in [5, 5.41) is 0. The standard InChI is InChI=1S/C14H23BrN2O/c1-16(2)8-5-9-17(3)11-12-10-13(18-4)6-7-14(12)15/h6-7,10H,5,8-9,11H2,1-4H3. The molecule has 4 heteroatoms. The first-order valence-electron chi connectivity index (χ1n) is 6.18. The molecule has 0 aromatic heterocycles. The first-order chi connectivity index (χ1) is 8.52. The average Bonchev–Trinajstić information content (AvgIpc) is 2.31. The second-order valence-corrected chi connectivity index (χ2v) is 5.71. The Morgan fingerprint density at radius 2 is 1.89 bits per heavy atom. The first kappa shape index (κ1) is 15.5. The molecule has 1 rings (SSSR count). The molecule has 0 spiro atoms. The molecule has 0 atom stereocenters. The van der Waals surface area contributed by atoms with E-state index in [0.717, 1.165) is 29.9 Å². The normalized spacial score (nSPS) is 11.3. The van der Waals surface area contributed by atoms with Gasteiger partial charge >= 0.3 is 0 Å². The molecule has 0 N–H and O–H groups in total. The van der Waals surface area contributed by atoms with Gasteiger partial charge in [-0.1, -0.05) is 15.9 Å². The molecule has 0 radical (unpaired) electrons. The molecule has 0 saturated carbocycles. The quantitative estimate of drug-likeness (QED) is 0.769. The van der Waals surface area contributed by atoms with Crippen molar-refractivity contribution in [1.82, 2.24) is 9.80 Å². The van der Waals surface area contributed by atoms with Gasteiger partial charge in [0.15, 0.2) is 0 Å². The van der Waals surface area contributed by atoms with Crippen LogP contribution in [0.5, 0.6) is 5.75 Å². The predicted octanol–water partition coefficient (Wildman–Crippen LogP) is 2.84. The van der Waals surface area contributed by atoms with E-state index in [0.29, 0.717) is 0 Å². The van der Waals surface area contributed by atoms with Crippen LogP contribution in [0.1, 0.15) is 12.0 Å². The Balaban J connectivity index is 2.50. The van der Waals surface area contributed by atoms with Gasteiger partial charge in [-0.3, -0.25) is 0 Å². The molecule has 18 heavy (non-hydrogen) atoms. The number of hydrogen-bond donors (Lipinski definition) is 0. The van der Waals surface area contributed by atoms with Crippen molar-refractivity contribution in [2.24, 2.45) is 0 Å². The lowest BCUT2D eigenvalue weighted by Gasteiger charge is -2.19. The van der Waals surface area contributed by atoms with Crippen LogP contribution in [0.4, 0.5) is 0 Å². The molecule has 1 aromatic rings. The van der Waals surface area contributed by atoms with E-state index in [9.17, 15) is 0 Å². The SMILES string of the molecule is COc1ccc(Br)c(CN(C)CCCN(C)C)c1. The Morgan fingerprint density at radius 3 is 2.50 bits per heavy atom. The summed E-state index contributed by atoms with van der Waals surface area (Å²) in [7, 11) is 8.08. The van der Waals surface area contributed by atoms with E-state index in [4.69, 9.17) is 4.74 Å². The van der Waals surface area contributed by atoms with Crippen molar-refractivity contribution in [2.75, 3.05) is 41.3 Å². The van der Waals surface area contributed by atoms with E-state index in [1.165, 1.54) is 12.0 Å². The summed E-state index contributed by atoms with van der Waals surface area (Å²) >= 11 is 3.59. The number of methoxy groups -OCH3 is 1. The van der Waals surface area contributed by atoms with Crippen molar-refractivity contribution in [3.8, 4) is 5.75 Å². The highest BCUT2D eigenvalue weighted by Gasteiger charge is 2.06. The third-order valence-electron chi connectivity index (χ3n) is 2.84. The fourth-order valence-corrected chi connectivity index (χ4v) is 2.20.